The smallest absolute Gasteiger partial charge is 0.161 e. The number of halogens is 1. The fourth-order valence-corrected chi connectivity index (χ4v) is 2.43. The van der Waals surface area contributed by atoms with Crippen LogP contribution in [-0.2, 0) is 0 Å². The molecule has 2 aromatic rings. The molecule has 108 valence electrons. The molecule has 3 rings (SSSR count). The summed E-state index contributed by atoms with van der Waals surface area (Å²) in [5.41, 5.74) is 0.668. The molecule has 1 heterocycles. The summed E-state index contributed by atoms with van der Waals surface area (Å²) in [6.45, 7) is 0.944. The van der Waals surface area contributed by atoms with Crippen LogP contribution in [0.15, 0.2) is 51.9 Å². The number of benzene rings is 2. The second-order valence-electron chi connectivity index (χ2n) is 4.69. The number of aliphatic imine (C=N–C) groups is 1. The lowest BCUT2D eigenvalue weighted by Gasteiger charge is -2.25. The third-order valence-electron chi connectivity index (χ3n) is 3.10. The minimum atomic E-state index is -0.120. The van der Waals surface area contributed by atoms with Gasteiger partial charge < -0.3 is 14.6 Å². The molecule has 0 spiro atoms. The Hall–Kier alpha value is -2.01. The quantitative estimate of drug-likeness (QED) is 0.865. The molecule has 0 fully saturated rings. The van der Waals surface area contributed by atoms with Gasteiger partial charge in [-0.15, -0.1) is 0 Å². The molecule has 0 amide bonds. The van der Waals surface area contributed by atoms with Gasteiger partial charge in [0.05, 0.1) is 6.54 Å². The van der Waals surface area contributed by atoms with E-state index in [1.165, 1.54) is 0 Å². The van der Waals surface area contributed by atoms with E-state index in [1.54, 1.807) is 18.3 Å². The molecule has 0 saturated heterocycles. The van der Waals surface area contributed by atoms with E-state index in [2.05, 4.69) is 20.9 Å². The molecular weight excluding hydrogens is 334 g/mol. The molecule has 1 N–H and O–H groups in total. The highest BCUT2D eigenvalue weighted by Crippen LogP contribution is 2.30. The van der Waals surface area contributed by atoms with E-state index < -0.39 is 0 Å². The molecule has 0 bridgehead atoms. The maximum absolute atomic E-state index is 9.73. The molecule has 0 saturated carbocycles. The Morgan fingerprint density at radius 3 is 2.90 bits per heavy atom. The molecule has 1 atom stereocenters. The van der Waals surface area contributed by atoms with Gasteiger partial charge in [-0.2, -0.15) is 0 Å². The van der Waals surface area contributed by atoms with E-state index in [4.69, 9.17) is 9.47 Å². The zero-order valence-corrected chi connectivity index (χ0v) is 12.8. The Labute approximate surface area is 131 Å². The SMILES string of the molecule is Oc1ccc(Br)cc1C=NC[C@@H]1COc2ccccc2O1. The Morgan fingerprint density at radius 1 is 1.24 bits per heavy atom. The largest absolute Gasteiger partial charge is 0.507 e. The number of phenolic OH excluding ortho intramolecular Hbond substituents is 1. The molecule has 1 aliphatic heterocycles. The predicted molar refractivity (Wildman–Crippen MR) is 84.6 cm³/mol. The number of aromatic hydroxyl groups is 1. The summed E-state index contributed by atoms with van der Waals surface area (Å²) in [6.07, 6.45) is 1.52. The maximum Gasteiger partial charge on any atom is 0.161 e. The number of fused-ring (bicyclic) bond motifs is 1. The van der Waals surface area contributed by atoms with Crippen molar-refractivity contribution in [3.8, 4) is 17.2 Å². The Kier molecular flexibility index (Phi) is 4.10. The van der Waals surface area contributed by atoms with Crippen molar-refractivity contribution in [1.82, 2.24) is 0 Å². The number of phenols is 1. The van der Waals surface area contributed by atoms with Crippen molar-refractivity contribution in [2.75, 3.05) is 13.2 Å². The van der Waals surface area contributed by atoms with Crippen molar-refractivity contribution in [2.24, 2.45) is 4.99 Å². The van der Waals surface area contributed by atoms with Crippen molar-refractivity contribution >= 4 is 22.1 Å². The average molecular weight is 348 g/mol. The summed E-state index contributed by atoms with van der Waals surface area (Å²) >= 11 is 3.37. The molecule has 4 nitrogen and oxygen atoms in total. The monoisotopic (exact) mass is 347 g/mol. The molecule has 2 aromatic carbocycles. The fourth-order valence-electron chi connectivity index (χ4n) is 2.05. The van der Waals surface area contributed by atoms with Crippen molar-refractivity contribution in [2.45, 2.75) is 6.10 Å². The molecule has 0 aliphatic carbocycles. The van der Waals surface area contributed by atoms with Crippen LogP contribution in [0.25, 0.3) is 0 Å². The van der Waals surface area contributed by atoms with Gasteiger partial charge in [-0.3, -0.25) is 4.99 Å². The summed E-state index contributed by atoms with van der Waals surface area (Å²) in [4.78, 5) is 4.33. The molecule has 0 aromatic heterocycles. The summed E-state index contributed by atoms with van der Waals surface area (Å²) in [6, 6.07) is 12.8. The van der Waals surface area contributed by atoms with Crippen molar-refractivity contribution in [3.05, 3.63) is 52.5 Å². The first-order chi connectivity index (χ1) is 10.2. The van der Waals surface area contributed by atoms with Crippen LogP contribution in [0.4, 0.5) is 0 Å². The van der Waals surface area contributed by atoms with Crippen LogP contribution in [0.5, 0.6) is 17.2 Å². The first kappa shape index (κ1) is 13.9. The molecular formula is C16H14BrNO3. The van der Waals surface area contributed by atoms with E-state index in [0.717, 1.165) is 16.0 Å². The zero-order valence-electron chi connectivity index (χ0n) is 11.2. The summed E-state index contributed by atoms with van der Waals surface area (Å²) in [7, 11) is 0. The van der Waals surface area contributed by atoms with E-state index in [0.29, 0.717) is 18.7 Å². The number of hydrogen-bond acceptors (Lipinski definition) is 4. The molecule has 21 heavy (non-hydrogen) atoms. The van der Waals surface area contributed by atoms with Crippen LogP contribution in [0.2, 0.25) is 0 Å². The highest BCUT2D eigenvalue weighted by atomic mass is 79.9. The van der Waals surface area contributed by atoms with E-state index in [9.17, 15) is 5.11 Å². The summed E-state index contributed by atoms with van der Waals surface area (Å²) in [5.74, 6) is 1.71. The standard InChI is InChI=1S/C16H14BrNO3/c17-12-5-6-14(19)11(7-12)8-18-9-13-10-20-15-3-1-2-4-16(15)21-13/h1-8,13,19H,9-10H2/t13-/m1/s1. The Bertz CT molecular complexity index is 672. The highest BCUT2D eigenvalue weighted by molar-refractivity contribution is 9.10. The van der Waals surface area contributed by atoms with Gasteiger partial charge in [0, 0.05) is 16.3 Å². The second kappa shape index (κ2) is 6.18. The number of para-hydroxylation sites is 2. The van der Waals surface area contributed by atoms with Gasteiger partial charge in [0.15, 0.2) is 17.6 Å². The van der Waals surface area contributed by atoms with Crippen LogP contribution >= 0.6 is 15.9 Å². The third-order valence-corrected chi connectivity index (χ3v) is 3.59. The highest BCUT2D eigenvalue weighted by Gasteiger charge is 2.19. The number of nitrogens with zero attached hydrogens (tertiary/aromatic N) is 1. The average Bonchev–Trinajstić information content (AvgIpc) is 2.50. The first-order valence-corrected chi connectivity index (χ1v) is 7.38. The van der Waals surface area contributed by atoms with Crippen LogP contribution in [0.3, 0.4) is 0 Å². The van der Waals surface area contributed by atoms with Crippen molar-refractivity contribution in [1.29, 1.82) is 0 Å². The number of rotatable bonds is 3. The lowest BCUT2D eigenvalue weighted by Crippen LogP contribution is -2.31. The molecule has 0 unspecified atom stereocenters. The van der Waals surface area contributed by atoms with E-state index >= 15 is 0 Å². The van der Waals surface area contributed by atoms with Gasteiger partial charge in [0.2, 0.25) is 0 Å². The normalized spacial score (nSPS) is 17.1. The van der Waals surface area contributed by atoms with Gasteiger partial charge >= 0.3 is 0 Å². The van der Waals surface area contributed by atoms with Crippen molar-refractivity contribution < 1.29 is 14.6 Å². The number of hydrogen-bond donors (Lipinski definition) is 1. The van der Waals surface area contributed by atoms with E-state index in [1.807, 2.05) is 30.3 Å². The minimum Gasteiger partial charge on any atom is -0.507 e. The maximum atomic E-state index is 9.73. The Balaban J connectivity index is 1.64. The summed E-state index contributed by atoms with van der Waals surface area (Å²) < 4.78 is 12.3. The van der Waals surface area contributed by atoms with Crippen LogP contribution < -0.4 is 9.47 Å². The predicted octanol–water partition coefficient (Wildman–Crippen LogP) is 3.41. The minimum absolute atomic E-state index is 0.120. The topological polar surface area (TPSA) is 51.1 Å². The third kappa shape index (κ3) is 3.36. The molecule has 1 aliphatic rings. The van der Waals surface area contributed by atoms with Gasteiger partial charge in [0.25, 0.3) is 0 Å². The zero-order chi connectivity index (χ0) is 14.7. The Morgan fingerprint density at radius 2 is 2.05 bits per heavy atom. The summed E-state index contributed by atoms with van der Waals surface area (Å²) in [5, 5.41) is 9.73. The molecule has 5 heteroatoms. The van der Waals surface area contributed by atoms with Crippen LogP contribution in [0, 0.1) is 0 Å². The molecule has 0 radical (unpaired) electrons. The van der Waals surface area contributed by atoms with Crippen LogP contribution in [-0.4, -0.2) is 30.6 Å². The first-order valence-electron chi connectivity index (χ1n) is 6.59. The number of ether oxygens (including phenoxy) is 2. The van der Waals surface area contributed by atoms with Gasteiger partial charge in [-0.1, -0.05) is 28.1 Å². The van der Waals surface area contributed by atoms with Gasteiger partial charge in [-0.25, -0.2) is 0 Å². The lowest BCUT2D eigenvalue weighted by molar-refractivity contribution is 0.0973. The van der Waals surface area contributed by atoms with Gasteiger partial charge in [0.1, 0.15) is 12.4 Å². The second-order valence-corrected chi connectivity index (χ2v) is 5.61. The lowest BCUT2D eigenvalue weighted by atomic mass is 10.2. The van der Waals surface area contributed by atoms with Gasteiger partial charge in [-0.05, 0) is 30.3 Å². The van der Waals surface area contributed by atoms with E-state index in [-0.39, 0.29) is 11.9 Å². The fraction of sp³-hybridized carbons (Fsp3) is 0.188. The van der Waals surface area contributed by atoms with Crippen LogP contribution in [0.1, 0.15) is 5.56 Å². The van der Waals surface area contributed by atoms with Crippen molar-refractivity contribution in [3.63, 3.8) is 0 Å².